The summed E-state index contributed by atoms with van der Waals surface area (Å²) in [4.78, 5) is 19.0. The quantitative estimate of drug-likeness (QED) is 0.768. The largest absolute Gasteiger partial charge is 0.465 e. The molecule has 0 radical (unpaired) electrons. The van der Waals surface area contributed by atoms with Crippen molar-refractivity contribution >= 4 is 28.1 Å². The van der Waals surface area contributed by atoms with Gasteiger partial charge in [0.15, 0.2) is 0 Å². The van der Waals surface area contributed by atoms with E-state index in [0.717, 1.165) is 10.0 Å². The SMILES string of the molecule is NC(=O)O.NC(=O)OCc1ccc(Br)cc1. The molecule has 0 aliphatic carbocycles. The zero-order valence-electron chi connectivity index (χ0n) is 8.22. The molecule has 0 aliphatic rings. The van der Waals surface area contributed by atoms with E-state index < -0.39 is 12.2 Å². The fourth-order valence-corrected chi connectivity index (χ4v) is 0.999. The Hall–Kier alpha value is -1.76. The van der Waals surface area contributed by atoms with E-state index >= 15 is 0 Å². The monoisotopic (exact) mass is 290 g/mol. The Morgan fingerprint density at radius 3 is 2.06 bits per heavy atom. The fraction of sp³-hybridized carbons (Fsp3) is 0.111. The molecule has 88 valence electrons. The molecule has 2 amide bonds. The lowest BCUT2D eigenvalue weighted by Gasteiger charge is -2.00. The zero-order chi connectivity index (χ0) is 12.6. The number of hydrogen-bond acceptors (Lipinski definition) is 3. The Labute approximate surface area is 100 Å². The van der Waals surface area contributed by atoms with Crippen LogP contribution in [0.3, 0.4) is 0 Å². The first-order chi connectivity index (χ1) is 7.41. The second-order valence-electron chi connectivity index (χ2n) is 2.57. The van der Waals surface area contributed by atoms with Crippen molar-refractivity contribution in [1.29, 1.82) is 0 Å². The molecule has 6 nitrogen and oxygen atoms in total. The third-order valence-corrected chi connectivity index (χ3v) is 1.82. The molecule has 0 fully saturated rings. The summed E-state index contributed by atoms with van der Waals surface area (Å²) in [5, 5.41) is 7.19. The number of primary amides is 2. The van der Waals surface area contributed by atoms with E-state index in [1.165, 1.54) is 0 Å². The standard InChI is InChI=1S/C8H8BrNO2.CH3NO2/c9-7-3-1-6(2-4-7)5-12-8(10)11;2-1(3)4/h1-4H,5H2,(H2,10,11);2H2,(H,3,4). The average Bonchev–Trinajstić information content (AvgIpc) is 2.16. The first-order valence-corrected chi connectivity index (χ1v) is 4.86. The normalized spacial score (nSPS) is 8.56. The van der Waals surface area contributed by atoms with E-state index in [1.54, 1.807) is 0 Å². The van der Waals surface area contributed by atoms with Crippen molar-refractivity contribution in [3.05, 3.63) is 34.3 Å². The Balaban J connectivity index is 0.000000487. The lowest BCUT2D eigenvalue weighted by Crippen LogP contribution is -2.12. The van der Waals surface area contributed by atoms with Crippen LogP contribution in [-0.2, 0) is 11.3 Å². The van der Waals surface area contributed by atoms with Gasteiger partial charge >= 0.3 is 12.2 Å². The van der Waals surface area contributed by atoms with Gasteiger partial charge in [-0.25, -0.2) is 9.59 Å². The van der Waals surface area contributed by atoms with Crippen LogP contribution in [-0.4, -0.2) is 17.3 Å². The number of carboxylic acid groups (broad SMARTS) is 1. The smallest absolute Gasteiger partial charge is 0.404 e. The molecule has 16 heavy (non-hydrogen) atoms. The predicted molar refractivity (Wildman–Crippen MR) is 60.7 cm³/mol. The van der Waals surface area contributed by atoms with Gasteiger partial charge in [-0.15, -0.1) is 0 Å². The van der Waals surface area contributed by atoms with Crippen LogP contribution in [0.15, 0.2) is 28.7 Å². The van der Waals surface area contributed by atoms with Gasteiger partial charge in [0, 0.05) is 4.47 Å². The van der Waals surface area contributed by atoms with Gasteiger partial charge < -0.3 is 21.3 Å². The second kappa shape index (κ2) is 7.52. The van der Waals surface area contributed by atoms with Crippen LogP contribution in [0.2, 0.25) is 0 Å². The molecule has 0 saturated heterocycles. The van der Waals surface area contributed by atoms with Gasteiger partial charge in [-0.3, -0.25) is 0 Å². The third kappa shape index (κ3) is 8.82. The van der Waals surface area contributed by atoms with Crippen LogP contribution in [0.1, 0.15) is 5.56 Å². The third-order valence-electron chi connectivity index (χ3n) is 1.29. The van der Waals surface area contributed by atoms with Crippen molar-refractivity contribution in [3.8, 4) is 0 Å². The van der Waals surface area contributed by atoms with Crippen molar-refractivity contribution in [2.75, 3.05) is 0 Å². The Morgan fingerprint density at radius 2 is 1.69 bits per heavy atom. The summed E-state index contributed by atoms with van der Waals surface area (Å²) in [6, 6.07) is 7.46. The van der Waals surface area contributed by atoms with Gasteiger partial charge in [-0.2, -0.15) is 0 Å². The molecular formula is C9H11BrN2O4. The summed E-state index contributed by atoms with van der Waals surface area (Å²) < 4.78 is 5.58. The summed E-state index contributed by atoms with van der Waals surface area (Å²) in [6.07, 6.45) is -2.09. The maximum Gasteiger partial charge on any atom is 0.404 e. The van der Waals surface area contributed by atoms with Gasteiger partial charge in [-0.1, -0.05) is 28.1 Å². The average molecular weight is 291 g/mol. The Bertz CT molecular complexity index is 349. The lowest BCUT2D eigenvalue weighted by atomic mass is 10.2. The number of rotatable bonds is 2. The molecular weight excluding hydrogens is 280 g/mol. The maximum atomic E-state index is 10.2. The van der Waals surface area contributed by atoms with Crippen LogP contribution in [0.25, 0.3) is 0 Å². The Kier molecular flexibility index (Phi) is 6.69. The zero-order valence-corrected chi connectivity index (χ0v) is 9.81. The minimum absolute atomic E-state index is 0.225. The highest BCUT2D eigenvalue weighted by molar-refractivity contribution is 9.10. The van der Waals surface area contributed by atoms with Crippen LogP contribution >= 0.6 is 15.9 Å². The molecule has 0 bridgehead atoms. The summed E-state index contributed by atoms with van der Waals surface area (Å²) in [7, 11) is 0. The van der Waals surface area contributed by atoms with Crippen LogP contribution < -0.4 is 11.5 Å². The van der Waals surface area contributed by atoms with Gasteiger partial charge in [0.05, 0.1) is 0 Å². The summed E-state index contributed by atoms with van der Waals surface area (Å²) in [6.45, 7) is 0.225. The van der Waals surface area contributed by atoms with E-state index in [-0.39, 0.29) is 6.61 Å². The van der Waals surface area contributed by atoms with E-state index in [0.29, 0.717) is 0 Å². The number of amides is 2. The first kappa shape index (κ1) is 14.2. The van der Waals surface area contributed by atoms with Gasteiger partial charge in [0.25, 0.3) is 0 Å². The highest BCUT2D eigenvalue weighted by Crippen LogP contribution is 2.10. The number of benzene rings is 1. The molecule has 0 aliphatic heterocycles. The molecule has 1 aromatic rings. The fourth-order valence-electron chi connectivity index (χ4n) is 0.735. The molecule has 1 aromatic carbocycles. The van der Waals surface area contributed by atoms with Crippen molar-refractivity contribution in [3.63, 3.8) is 0 Å². The number of hydrogen-bond donors (Lipinski definition) is 3. The van der Waals surface area contributed by atoms with E-state index in [9.17, 15) is 4.79 Å². The number of carbonyl (C=O) groups is 2. The molecule has 0 atom stereocenters. The van der Waals surface area contributed by atoms with Crippen molar-refractivity contribution in [2.24, 2.45) is 11.5 Å². The highest BCUT2D eigenvalue weighted by atomic mass is 79.9. The highest BCUT2D eigenvalue weighted by Gasteiger charge is 1.95. The molecule has 0 unspecified atom stereocenters. The first-order valence-electron chi connectivity index (χ1n) is 4.07. The minimum Gasteiger partial charge on any atom is -0.465 e. The summed E-state index contributed by atoms with van der Waals surface area (Å²) in [5.41, 5.74) is 9.74. The molecule has 0 spiro atoms. The number of carbonyl (C=O) groups excluding carboxylic acids is 1. The van der Waals surface area contributed by atoms with Crippen molar-refractivity contribution in [1.82, 2.24) is 0 Å². The van der Waals surface area contributed by atoms with E-state index in [2.05, 4.69) is 26.4 Å². The lowest BCUT2D eigenvalue weighted by molar-refractivity contribution is 0.150. The molecule has 0 saturated carbocycles. The molecule has 5 N–H and O–H groups in total. The Morgan fingerprint density at radius 1 is 1.25 bits per heavy atom. The van der Waals surface area contributed by atoms with E-state index in [4.69, 9.17) is 15.6 Å². The second-order valence-corrected chi connectivity index (χ2v) is 3.49. The predicted octanol–water partition coefficient (Wildman–Crippen LogP) is 1.67. The maximum absolute atomic E-state index is 10.2. The van der Waals surface area contributed by atoms with E-state index in [1.807, 2.05) is 24.3 Å². The van der Waals surface area contributed by atoms with Gasteiger partial charge in [0.2, 0.25) is 0 Å². The topological polar surface area (TPSA) is 116 Å². The minimum atomic E-state index is -1.33. The van der Waals surface area contributed by atoms with Crippen LogP contribution in [0.4, 0.5) is 9.59 Å². The van der Waals surface area contributed by atoms with Gasteiger partial charge in [-0.05, 0) is 17.7 Å². The van der Waals surface area contributed by atoms with Crippen LogP contribution in [0, 0.1) is 0 Å². The van der Waals surface area contributed by atoms with Crippen molar-refractivity contribution < 1.29 is 19.4 Å². The number of halogens is 1. The number of nitrogens with two attached hydrogens (primary N) is 2. The van der Waals surface area contributed by atoms with Crippen LogP contribution in [0.5, 0.6) is 0 Å². The van der Waals surface area contributed by atoms with Gasteiger partial charge in [0.1, 0.15) is 6.61 Å². The number of ether oxygens (including phenoxy) is 1. The van der Waals surface area contributed by atoms with Crippen molar-refractivity contribution in [2.45, 2.75) is 6.61 Å². The molecule has 0 aromatic heterocycles. The summed E-state index contributed by atoms with van der Waals surface area (Å²) in [5.74, 6) is 0. The molecule has 0 heterocycles. The molecule has 7 heteroatoms. The summed E-state index contributed by atoms with van der Waals surface area (Å²) >= 11 is 3.29. The molecule has 1 rings (SSSR count).